The number of hydrogen-bond acceptors (Lipinski definition) is 6. The number of aromatic nitrogens is 3. The number of thioether (sulfide) groups is 1. The van der Waals surface area contributed by atoms with Gasteiger partial charge in [-0.3, -0.25) is 9.69 Å². The van der Waals surface area contributed by atoms with Gasteiger partial charge in [0.2, 0.25) is 23.2 Å². The zero-order chi connectivity index (χ0) is 23.0. The van der Waals surface area contributed by atoms with Gasteiger partial charge in [-0.1, -0.05) is 49.4 Å². The van der Waals surface area contributed by atoms with Crippen LogP contribution in [0.1, 0.15) is 43.7 Å². The van der Waals surface area contributed by atoms with Crippen LogP contribution >= 0.6 is 11.8 Å². The van der Waals surface area contributed by atoms with E-state index in [1.54, 1.807) is 17.0 Å². The first kappa shape index (κ1) is 22.2. The van der Waals surface area contributed by atoms with Gasteiger partial charge in [0, 0.05) is 23.8 Å². The molecule has 0 saturated carbocycles. The first-order chi connectivity index (χ1) is 15.2. The molecule has 0 fully saturated rings. The number of ether oxygens (including phenoxy) is 1. The van der Waals surface area contributed by atoms with Crippen molar-refractivity contribution in [1.29, 1.82) is 0 Å². The predicted molar refractivity (Wildman–Crippen MR) is 123 cm³/mol. The van der Waals surface area contributed by atoms with Crippen molar-refractivity contribution >= 4 is 23.4 Å². The third-order valence-corrected chi connectivity index (χ3v) is 6.34. The Hall–Kier alpha value is -3.00. The van der Waals surface area contributed by atoms with Crippen LogP contribution in [-0.4, -0.2) is 26.8 Å². The largest absolute Gasteiger partial charge is 0.447 e. The molecule has 166 valence electrons. The molecule has 0 spiro atoms. The molecule has 4 rings (SSSR count). The summed E-state index contributed by atoms with van der Waals surface area (Å²) in [6, 6.07) is 9.92. The smallest absolute Gasteiger partial charge is 0.247 e. The zero-order valence-corrected chi connectivity index (χ0v) is 19.5. The Bertz CT molecular complexity index is 1170. The highest BCUT2D eigenvalue weighted by atomic mass is 32.2. The molecule has 0 saturated heterocycles. The summed E-state index contributed by atoms with van der Waals surface area (Å²) < 4.78 is 20.0. The normalized spacial score (nSPS) is 15.1. The van der Waals surface area contributed by atoms with Gasteiger partial charge in [0.25, 0.3) is 0 Å². The molecule has 1 atom stereocenters. The van der Waals surface area contributed by atoms with E-state index >= 15 is 0 Å². The fraction of sp³-hybridized carbons (Fsp3) is 0.333. The Morgan fingerprint density at radius 2 is 1.91 bits per heavy atom. The maximum absolute atomic E-state index is 13.6. The fourth-order valence-corrected chi connectivity index (χ4v) is 4.48. The molecule has 1 aliphatic heterocycles. The van der Waals surface area contributed by atoms with Gasteiger partial charge in [-0.25, -0.2) is 4.39 Å². The van der Waals surface area contributed by atoms with E-state index in [0.29, 0.717) is 33.9 Å². The molecule has 0 aliphatic carbocycles. The summed E-state index contributed by atoms with van der Waals surface area (Å²) >= 11 is 1.51. The Balaban J connectivity index is 1.94. The van der Waals surface area contributed by atoms with Crippen molar-refractivity contribution in [3.8, 4) is 17.1 Å². The minimum absolute atomic E-state index is 0.206. The number of benzene rings is 2. The highest BCUT2D eigenvalue weighted by Gasteiger charge is 2.35. The van der Waals surface area contributed by atoms with E-state index in [2.05, 4.69) is 29.0 Å². The van der Waals surface area contributed by atoms with Crippen molar-refractivity contribution in [2.45, 2.75) is 46.0 Å². The minimum Gasteiger partial charge on any atom is -0.447 e. The van der Waals surface area contributed by atoms with E-state index < -0.39 is 6.23 Å². The Morgan fingerprint density at radius 1 is 1.19 bits per heavy atom. The summed E-state index contributed by atoms with van der Waals surface area (Å²) in [5, 5.41) is 9.28. The van der Waals surface area contributed by atoms with E-state index in [9.17, 15) is 9.18 Å². The van der Waals surface area contributed by atoms with Crippen LogP contribution in [0.3, 0.4) is 0 Å². The van der Waals surface area contributed by atoms with Gasteiger partial charge in [0.05, 0.1) is 5.69 Å². The predicted octanol–water partition coefficient (Wildman–Crippen LogP) is 5.49. The maximum Gasteiger partial charge on any atom is 0.247 e. The molecule has 6 nitrogen and oxygen atoms in total. The van der Waals surface area contributed by atoms with Crippen molar-refractivity contribution in [3.63, 3.8) is 0 Å². The van der Waals surface area contributed by atoms with Crippen molar-refractivity contribution in [3.05, 3.63) is 58.9 Å². The number of anilines is 1. The molecule has 1 amide bonds. The van der Waals surface area contributed by atoms with Crippen LogP contribution in [0, 0.1) is 25.6 Å². The average Bonchev–Trinajstić information content (AvgIpc) is 2.87. The molecule has 32 heavy (non-hydrogen) atoms. The minimum atomic E-state index is -0.825. The quantitative estimate of drug-likeness (QED) is 0.488. The second-order valence-corrected chi connectivity index (χ2v) is 9.33. The molecular weight excluding hydrogens is 427 g/mol. The van der Waals surface area contributed by atoms with Gasteiger partial charge < -0.3 is 4.74 Å². The molecule has 3 aromatic rings. The van der Waals surface area contributed by atoms with Gasteiger partial charge >= 0.3 is 0 Å². The lowest BCUT2D eigenvalue weighted by molar-refractivity contribution is -0.118. The highest BCUT2D eigenvalue weighted by molar-refractivity contribution is 7.99. The first-order valence-corrected chi connectivity index (χ1v) is 11.4. The van der Waals surface area contributed by atoms with Crippen LogP contribution in [0.15, 0.2) is 41.6 Å². The van der Waals surface area contributed by atoms with Crippen molar-refractivity contribution in [1.82, 2.24) is 15.2 Å². The van der Waals surface area contributed by atoms with Crippen LogP contribution < -0.4 is 9.64 Å². The number of fused-ring (bicyclic) bond motifs is 3. The maximum atomic E-state index is 13.6. The molecule has 1 aliphatic rings. The van der Waals surface area contributed by atoms with Gasteiger partial charge in [0.1, 0.15) is 5.82 Å². The van der Waals surface area contributed by atoms with Crippen LogP contribution in [-0.2, 0) is 4.79 Å². The lowest BCUT2D eigenvalue weighted by atomic mass is 10.00. The van der Waals surface area contributed by atoms with Gasteiger partial charge in [-0.2, -0.15) is 4.98 Å². The SMILES string of the molecule is CC(=O)N1c2c(C)cc(C)cc2-c2nnc(SCC(C)C)nc2O[C@H]1c1ccc(F)cc1. The third-order valence-electron chi connectivity index (χ3n) is 5.07. The number of hydrogen-bond donors (Lipinski definition) is 0. The van der Waals surface area contributed by atoms with Crippen LogP contribution in [0.4, 0.5) is 10.1 Å². The zero-order valence-electron chi connectivity index (χ0n) is 18.7. The number of halogens is 1. The van der Waals surface area contributed by atoms with Gasteiger partial charge in [-0.15, -0.1) is 10.2 Å². The van der Waals surface area contributed by atoms with Gasteiger partial charge in [0.15, 0.2) is 5.69 Å². The topological polar surface area (TPSA) is 68.2 Å². The summed E-state index contributed by atoms with van der Waals surface area (Å²) in [6.45, 7) is 9.67. The first-order valence-electron chi connectivity index (χ1n) is 10.5. The molecule has 0 radical (unpaired) electrons. The fourth-order valence-electron chi connectivity index (χ4n) is 3.75. The number of amides is 1. The lowest BCUT2D eigenvalue weighted by Gasteiger charge is -2.31. The Kier molecular flexibility index (Phi) is 6.15. The van der Waals surface area contributed by atoms with E-state index in [-0.39, 0.29) is 11.7 Å². The summed E-state index contributed by atoms with van der Waals surface area (Å²) in [5.41, 5.74) is 4.47. The second-order valence-electron chi connectivity index (χ2n) is 8.34. The molecule has 0 unspecified atom stereocenters. The highest BCUT2D eigenvalue weighted by Crippen LogP contribution is 2.45. The van der Waals surface area contributed by atoms with Gasteiger partial charge in [-0.05, 0) is 43.5 Å². The lowest BCUT2D eigenvalue weighted by Crippen LogP contribution is -2.36. The summed E-state index contributed by atoms with van der Waals surface area (Å²) in [6.07, 6.45) is -0.825. The standard InChI is InChI=1S/C24H25FN4O2S/c1-13(2)12-32-24-26-22-20(27-28-24)19-11-14(3)10-15(4)21(19)29(16(5)30)23(31-22)17-6-8-18(25)9-7-17/h6-11,13,23H,12H2,1-5H3/t23-/m0/s1. The second kappa shape index (κ2) is 8.86. The molecular formula is C24H25FN4O2S. The Morgan fingerprint density at radius 3 is 2.56 bits per heavy atom. The Labute approximate surface area is 191 Å². The average molecular weight is 453 g/mol. The number of aryl methyl sites for hydroxylation is 2. The van der Waals surface area contributed by atoms with Crippen molar-refractivity contribution < 1.29 is 13.9 Å². The molecule has 0 bridgehead atoms. The monoisotopic (exact) mass is 452 g/mol. The van der Waals surface area contributed by atoms with Crippen LogP contribution in [0.25, 0.3) is 11.3 Å². The van der Waals surface area contributed by atoms with Crippen LogP contribution in [0.2, 0.25) is 0 Å². The molecule has 1 aromatic heterocycles. The van der Waals surface area contributed by atoms with E-state index in [1.165, 1.54) is 30.8 Å². The van der Waals surface area contributed by atoms with Crippen LogP contribution in [0.5, 0.6) is 5.88 Å². The summed E-state index contributed by atoms with van der Waals surface area (Å²) in [5.74, 6) is 1.05. The molecule has 2 heterocycles. The third kappa shape index (κ3) is 4.32. The number of carbonyl (C=O) groups excluding carboxylic acids is 1. The number of nitrogens with zero attached hydrogens (tertiary/aromatic N) is 4. The number of carbonyl (C=O) groups is 1. The molecule has 8 heteroatoms. The van der Waals surface area contributed by atoms with Crippen molar-refractivity contribution in [2.75, 3.05) is 10.7 Å². The molecule has 2 aromatic carbocycles. The number of rotatable bonds is 4. The van der Waals surface area contributed by atoms with Crippen molar-refractivity contribution in [2.24, 2.45) is 5.92 Å². The summed E-state index contributed by atoms with van der Waals surface area (Å²) in [4.78, 5) is 19.1. The molecule has 0 N–H and O–H groups in total. The van der Waals surface area contributed by atoms with E-state index in [0.717, 1.165) is 22.4 Å². The summed E-state index contributed by atoms with van der Waals surface area (Å²) in [7, 11) is 0. The van der Waals surface area contributed by atoms with E-state index in [4.69, 9.17) is 4.74 Å². The van der Waals surface area contributed by atoms with E-state index in [1.807, 2.05) is 26.0 Å².